The van der Waals surface area contributed by atoms with Crippen LogP contribution in [0.3, 0.4) is 0 Å². The molecule has 1 N–H and O–H groups in total. The third-order valence-electron chi connectivity index (χ3n) is 3.98. The average Bonchev–Trinajstić information content (AvgIpc) is 3.37. The predicted molar refractivity (Wildman–Crippen MR) is 91.4 cm³/mol. The van der Waals surface area contributed by atoms with Crippen LogP contribution < -0.4 is 0 Å². The van der Waals surface area contributed by atoms with Gasteiger partial charge in [0.2, 0.25) is 5.76 Å². The third kappa shape index (κ3) is 2.79. The molecule has 0 aliphatic rings. The Morgan fingerprint density at radius 1 is 1.15 bits per heavy atom. The molecule has 0 spiro atoms. The highest BCUT2D eigenvalue weighted by atomic mass is 16.5. The molecule has 0 saturated carbocycles. The van der Waals surface area contributed by atoms with Crippen LogP contribution in [-0.2, 0) is 16.1 Å². The number of ketones is 1. The van der Waals surface area contributed by atoms with Crippen molar-refractivity contribution >= 4 is 22.7 Å². The van der Waals surface area contributed by atoms with Crippen molar-refractivity contribution in [2.45, 2.75) is 13.5 Å². The number of aromatic nitrogens is 2. The number of furan rings is 1. The lowest BCUT2D eigenvalue weighted by molar-refractivity contribution is -0.139. The Morgan fingerprint density at radius 3 is 2.81 bits per heavy atom. The van der Waals surface area contributed by atoms with E-state index < -0.39 is 11.8 Å². The number of nitrogens with zero attached hydrogens (tertiary/aromatic N) is 1. The average molecular weight is 350 g/mol. The number of ether oxygens (including phenoxy) is 1. The van der Waals surface area contributed by atoms with E-state index in [4.69, 9.17) is 13.7 Å². The number of para-hydroxylation sites is 1. The normalized spacial score (nSPS) is 11.0. The van der Waals surface area contributed by atoms with Crippen LogP contribution in [0.15, 0.2) is 57.7 Å². The number of hydrogen-bond donors (Lipinski definition) is 1. The molecule has 130 valence electrons. The molecular weight excluding hydrogens is 336 g/mol. The standard InChI is InChI=1S/C19H14N2O5/c1-11-17(13-5-2-3-6-14(13)20-11)18(22)19(23)25-10-12-9-16(26-21-12)15-7-4-8-24-15/h2-9,20H,10H2,1H3. The quantitative estimate of drug-likeness (QED) is 0.335. The first kappa shape index (κ1) is 15.9. The summed E-state index contributed by atoms with van der Waals surface area (Å²) < 4.78 is 15.4. The fraction of sp³-hybridized carbons (Fsp3) is 0.105. The van der Waals surface area contributed by atoms with Gasteiger partial charge in [-0.3, -0.25) is 4.79 Å². The van der Waals surface area contributed by atoms with Gasteiger partial charge in [-0.15, -0.1) is 0 Å². The molecule has 0 unspecified atom stereocenters. The van der Waals surface area contributed by atoms with Crippen LogP contribution in [0.2, 0.25) is 0 Å². The molecule has 0 aliphatic heterocycles. The summed E-state index contributed by atoms with van der Waals surface area (Å²) in [6.07, 6.45) is 1.51. The number of H-pyrrole nitrogens is 1. The van der Waals surface area contributed by atoms with Crippen molar-refractivity contribution < 1.29 is 23.3 Å². The van der Waals surface area contributed by atoms with E-state index in [0.29, 0.717) is 33.9 Å². The van der Waals surface area contributed by atoms with Crippen molar-refractivity contribution in [2.75, 3.05) is 0 Å². The second kappa shape index (κ2) is 6.36. The van der Waals surface area contributed by atoms with Crippen LogP contribution in [0, 0.1) is 6.92 Å². The first-order chi connectivity index (χ1) is 12.6. The number of aromatic amines is 1. The lowest BCUT2D eigenvalue weighted by atomic mass is 10.1. The molecule has 3 heterocycles. The predicted octanol–water partition coefficient (Wildman–Crippen LogP) is 3.65. The number of benzene rings is 1. The molecule has 3 aromatic heterocycles. The molecule has 4 rings (SSSR count). The summed E-state index contributed by atoms with van der Waals surface area (Å²) in [6.45, 7) is 1.57. The molecule has 7 heteroatoms. The molecule has 0 amide bonds. The highest BCUT2D eigenvalue weighted by Gasteiger charge is 2.24. The highest BCUT2D eigenvalue weighted by molar-refractivity contribution is 6.43. The first-order valence-electron chi connectivity index (χ1n) is 7.91. The Bertz CT molecular complexity index is 1090. The van der Waals surface area contributed by atoms with Crippen LogP contribution in [0.5, 0.6) is 0 Å². The summed E-state index contributed by atoms with van der Waals surface area (Å²) in [5.74, 6) is -0.712. The number of fused-ring (bicyclic) bond motifs is 1. The molecule has 0 saturated heterocycles. The Morgan fingerprint density at radius 2 is 2.00 bits per heavy atom. The van der Waals surface area contributed by atoms with E-state index >= 15 is 0 Å². The van der Waals surface area contributed by atoms with Gasteiger partial charge in [-0.2, -0.15) is 0 Å². The van der Waals surface area contributed by atoms with Crippen LogP contribution in [-0.4, -0.2) is 21.9 Å². The van der Waals surface area contributed by atoms with E-state index in [1.165, 1.54) is 6.26 Å². The largest absolute Gasteiger partial charge is 0.461 e. The minimum atomic E-state index is -0.944. The zero-order chi connectivity index (χ0) is 18.1. The maximum Gasteiger partial charge on any atom is 0.380 e. The number of hydrogen-bond acceptors (Lipinski definition) is 6. The van der Waals surface area contributed by atoms with Gasteiger partial charge >= 0.3 is 5.97 Å². The van der Waals surface area contributed by atoms with Gasteiger partial charge < -0.3 is 18.7 Å². The Labute approximate surface area is 147 Å². The van der Waals surface area contributed by atoms with Crippen molar-refractivity contribution in [1.82, 2.24) is 10.1 Å². The Balaban J connectivity index is 1.48. The zero-order valence-electron chi connectivity index (χ0n) is 13.8. The molecule has 1 aromatic carbocycles. The molecule has 0 aliphatic carbocycles. The number of rotatable bonds is 5. The van der Waals surface area contributed by atoms with Crippen LogP contribution in [0.1, 0.15) is 21.7 Å². The molecule has 26 heavy (non-hydrogen) atoms. The van der Waals surface area contributed by atoms with Crippen molar-refractivity contribution in [3.05, 3.63) is 65.7 Å². The fourth-order valence-corrected chi connectivity index (χ4v) is 2.79. The first-order valence-corrected chi connectivity index (χ1v) is 7.91. The molecule has 0 fully saturated rings. The van der Waals surface area contributed by atoms with Gasteiger partial charge in [0.15, 0.2) is 5.76 Å². The minimum absolute atomic E-state index is 0.170. The van der Waals surface area contributed by atoms with E-state index in [1.54, 1.807) is 31.2 Å². The van der Waals surface area contributed by atoms with Gasteiger partial charge in [0.25, 0.3) is 5.78 Å². The topological polar surface area (TPSA) is 98.3 Å². The maximum atomic E-state index is 12.5. The summed E-state index contributed by atoms with van der Waals surface area (Å²) in [5, 5.41) is 4.49. The second-order valence-corrected chi connectivity index (χ2v) is 5.74. The number of nitrogens with one attached hydrogen (secondary N) is 1. The van der Waals surface area contributed by atoms with Crippen LogP contribution in [0.4, 0.5) is 0 Å². The van der Waals surface area contributed by atoms with Gasteiger partial charge in [-0.25, -0.2) is 4.79 Å². The summed E-state index contributed by atoms with van der Waals surface area (Å²) in [6, 6.07) is 12.3. The third-order valence-corrected chi connectivity index (χ3v) is 3.98. The highest BCUT2D eigenvalue weighted by Crippen LogP contribution is 2.23. The molecule has 7 nitrogen and oxygen atoms in total. The molecule has 0 radical (unpaired) electrons. The van der Waals surface area contributed by atoms with Gasteiger partial charge in [0.05, 0.1) is 11.8 Å². The van der Waals surface area contributed by atoms with Crippen LogP contribution >= 0.6 is 0 Å². The number of esters is 1. The lowest BCUT2D eigenvalue weighted by Crippen LogP contribution is -2.18. The smallest absolute Gasteiger partial charge is 0.380 e. The summed E-state index contributed by atoms with van der Waals surface area (Å²) in [7, 11) is 0. The summed E-state index contributed by atoms with van der Waals surface area (Å²) in [5.41, 5.74) is 2.12. The van der Waals surface area contributed by atoms with Gasteiger partial charge in [-0.05, 0) is 25.1 Å². The zero-order valence-corrected chi connectivity index (χ0v) is 13.8. The maximum absolute atomic E-state index is 12.5. The lowest BCUT2D eigenvalue weighted by Gasteiger charge is -2.02. The Kier molecular flexibility index (Phi) is 3.89. The van der Waals surface area contributed by atoms with Gasteiger partial charge in [-0.1, -0.05) is 23.4 Å². The summed E-state index contributed by atoms with van der Waals surface area (Å²) >= 11 is 0. The molecule has 4 aromatic rings. The SMILES string of the molecule is Cc1[nH]c2ccccc2c1C(=O)C(=O)OCc1cc(-c2ccco2)on1. The van der Waals surface area contributed by atoms with Gasteiger partial charge in [0, 0.05) is 22.7 Å². The van der Waals surface area contributed by atoms with Crippen LogP contribution in [0.25, 0.3) is 22.4 Å². The van der Waals surface area contributed by atoms with E-state index in [-0.39, 0.29) is 6.61 Å². The number of aryl methyl sites for hydroxylation is 1. The van der Waals surface area contributed by atoms with E-state index in [9.17, 15) is 9.59 Å². The van der Waals surface area contributed by atoms with Gasteiger partial charge in [0.1, 0.15) is 12.3 Å². The van der Waals surface area contributed by atoms with E-state index in [0.717, 1.165) is 5.52 Å². The second-order valence-electron chi connectivity index (χ2n) is 5.74. The fourth-order valence-electron chi connectivity index (χ4n) is 2.79. The van der Waals surface area contributed by atoms with Crippen molar-refractivity contribution in [3.63, 3.8) is 0 Å². The number of Topliss-reactive ketones (excluding diaryl/α,β-unsaturated/α-hetero) is 1. The number of carbonyl (C=O) groups is 2. The monoisotopic (exact) mass is 350 g/mol. The van der Waals surface area contributed by atoms with Crippen molar-refractivity contribution in [2.24, 2.45) is 0 Å². The van der Waals surface area contributed by atoms with E-state index in [2.05, 4.69) is 10.1 Å². The molecule has 0 bridgehead atoms. The Hall–Kier alpha value is -3.61. The summed E-state index contributed by atoms with van der Waals surface area (Å²) in [4.78, 5) is 27.8. The van der Waals surface area contributed by atoms with Crippen molar-refractivity contribution in [3.8, 4) is 11.5 Å². The molecule has 0 atom stereocenters. The van der Waals surface area contributed by atoms with E-state index in [1.807, 2.05) is 18.2 Å². The molecular formula is C19H14N2O5. The minimum Gasteiger partial charge on any atom is -0.461 e. The van der Waals surface area contributed by atoms with Crippen molar-refractivity contribution in [1.29, 1.82) is 0 Å². The number of carbonyl (C=O) groups excluding carboxylic acids is 2.